The minimum absolute atomic E-state index is 0.00200. The topological polar surface area (TPSA) is 171 Å². The maximum absolute atomic E-state index is 14.4. The van der Waals surface area contributed by atoms with Crippen molar-refractivity contribution in [2.24, 2.45) is 17.3 Å². The number of amides is 5. The van der Waals surface area contributed by atoms with Crippen molar-refractivity contribution in [3.8, 4) is 0 Å². The van der Waals surface area contributed by atoms with Gasteiger partial charge in [-0.3, -0.25) is 19.2 Å². The second-order valence-electron chi connectivity index (χ2n) is 17.1. The molecule has 0 spiro atoms. The number of urea groups is 1. The van der Waals surface area contributed by atoms with E-state index in [-0.39, 0.29) is 23.6 Å². The predicted molar refractivity (Wildman–Crippen MR) is 190 cm³/mol. The van der Waals surface area contributed by atoms with Gasteiger partial charge >= 0.3 is 6.03 Å². The first kappa shape index (κ1) is 40.7. The Labute approximate surface area is 294 Å². The van der Waals surface area contributed by atoms with Gasteiger partial charge in [-0.15, -0.1) is 0 Å². The third-order valence-electron chi connectivity index (χ3n) is 10.4. The van der Waals surface area contributed by atoms with E-state index in [4.69, 9.17) is 0 Å². The lowest BCUT2D eigenvalue weighted by molar-refractivity contribution is -0.145. The van der Waals surface area contributed by atoms with Crippen LogP contribution in [-0.2, 0) is 29.0 Å². The standard InChI is InChI=1S/C36H63N5O7S/c1-10-11-15-26(28(42)31(44)37-24-16-17-24)38-30(43)27-25(23(2)3)18-21-41(27)32(45)29(34(4,5)6)39-33(46)40-36(19-13-12-14-20-36)22-49(47,48)35(7,8)9/h23-27,29H,10-22H2,1-9H3,(H,37,44)(H,38,43)(H2,39,40,46)/t25-,26+,27+,29-/m1/s1. The molecule has 4 N–H and O–H groups in total. The molecule has 2 aliphatic carbocycles. The van der Waals surface area contributed by atoms with E-state index in [0.29, 0.717) is 38.6 Å². The Hall–Kier alpha value is -2.70. The zero-order chi connectivity index (χ0) is 36.9. The van der Waals surface area contributed by atoms with E-state index in [2.05, 4.69) is 21.3 Å². The van der Waals surface area contributed by atoms with Gasteiger partial charge in [0.1, 0.15) is 12.1 Å². The molecule has 0 aromatic heterocycles. The van der Waals surface area contributed by atoms with Crippen molar-refractivity contribution in [1.29, 1.82) is 0 Å². The maximum atomic E-state index is 14.4. The van der Waals surface area contributed by atoms with Crippen molar-refractivity contribution < 1.29 is 32.4 Å². The van der Waals surface area contributed by atoms with E-state index >= 15 is 0 Å². The van der Waals surface area contributed by atoms with Crippen LogP contribution in [0.3, 0.4) is 0 Å². The molecule has 0 aromatic rings. The number of nitrogens with zero attached hydrogens (tertiary/aromatic N) is 1. The summed E-state index contributed by atoms with van der Waals surface area (Å²) in [5, 5.41) is 11.5. The predicted octanol–water partition coefficient (Wildman–Crippen LogP) is 4.01. The van der Waals surface area contributed by atoms with Gasteiger partial charge in [-0.05, 0) is 76.5 Å². The lowest BCUT2D eigenvalue weighted by Gasteiger charge is -2.41. The summed E-state index contributed by atoms with van der Waals surface area (Å²) in [6, 6.07) is -3.55. The Balaban J connectivity index is 1.85. The average Bonchev–Trinajstić information content (AvgIpc) is 3.68. The number of sulfone groups is 1. The molecule has 0 bridgehead atoms. The highest BCUT2D eigenvalue weighted by atomic mass is 32.2. The highest BCUT2D eigenvalue weighted by molar-refractivity contribution is 7.92. The molecule has 3 rings (SSSR count). The normalized spacial score (nSPS) is 22.6. The van der Waals surface area contributed by atoms with Crippen molar-refractivity contribution in [1.82, 2.24) is 26.2 Å². The summed E-state index contributed by atoms with van der Waals surface area (Å²) in [5.74, 6) is -2.63. The summed E-state index contributed by atoms with van der Waals surface area (Å²) in [4.78, 5) is 69.7. The molecule has 280 valence electrons. The fraction of sp³-hybridized carbons (Fsp3) is 0.861. The van der Waals surface area contributed by atoms with E-state index in [1.54, 1.807) is 20.8 Å². The summed E-state index contributed by atoms with van der Waals surface area (Å²) >= 11 is 0. The summed E-state index contributed by atoms with van der Waals surface area (Å²) < 4.78 is 25.6. The van der Waals surface area contributed by atoms with Crippen LogP contribution in [0.5, 0.6) is 0 Å². The number of nitrogens with one attached hydrogen (secondary N) is 4. The fourth-order valence-corrected chi connectivity index (χ4v) is 8.53. The largest absolute Gasteiger partial charge is 0.347 e. The molecule has 4 atom stereocenters. The zero-order valence-electron chi connectivity index (χ0n) is 31.4. The Morgan fingerprint density at radius 1 is 0.898 bits per heavy atom. The molecule has 1 heterocycles. The molecular formula is C36H63N5O7S. The number of likely N-dealkylation sites (tertiary alicyclic amines) is 1. The van der Waals surface area contributed by atoms with Crippen LogP contribution in [0, 0.1) is 17.3 Å². The lowest BCUT2D eigenvalue weighted by Crippen LogP contribution is -2.64. The molecule has 0 unspecified atom stereocenters. The smallest absolute Gasteiger partial charge is 0.315 e. The quantitative estimate of drug-likeness (QED) is 0.198. The molecule has 2 saturated carbocycles. The third kappa shape index (κ3) is 10.7. The molecule has 12 nitrogen and oxygen atoms in total. The number of hydrogen-bond donors (Lipinski definition) is 4. The van der Waals surface area contributed by atoms with Gasteiger partial charge in [0.05, 0.1) is 22.1 Å². The van der Waals surface area contributed by atoms with Gasteiger partial charge in [0.15, 0.2) is 9.84 Å². The van der Waals surface area contributed by atoms with Crippen molar-refractivity contribution in [3.05, 3.63) is 0 Å². The molecule has 0 aromatic carbocycles. The van der Waals surface area contributed by atoms with Gasteiger partial charge in [0.25, 0.3) is 5.91 Å². The molecular weight excluding hydrogens is 646 g/mol. The molecule has 49 heavy (non-hydrogen) atoms. The van der Waals surface area contributed by atoms with Crippen LogP contribution in [-0.4, -0.2) is 89.6 Å². The van der Waals surface area contributed by atoms with Gasteiger partial charge in [-0.25, -0.2) is 13.2 Å². The number of carbonyl (C=O) groups is 5. The van der Waals surface area contributed by atoms with E-state index in [1.807, 2.05) is 41.5 Å². The number of ketones is 1. The van der Waals surface area contributed by atoms with E-state index in [1.165, 1.54) is 4.90 Å². The summed E-state index contributed by atoms with van der Waals surface area (Å²) in [6.07, 6.45) is 7.51. The number of rotatable bonds is 14. The average molecular weight is 710 g/mol. The van der Waals surface area contributed by atoms with Crippen LogP contribution in [0.4, 0.5) is 4.79 Å². The number of unbranched alkanes of at least 4 members (excludes halogenated alkanes) is 1. The highest BCUT2D eigenvalue weighted by Crippen LogP contribution is 2.35. The minimum Gasteiger partial charge on any atom is -0.347 e. The van der Waals surface area contributed by atoms with Gasteiger partial charge in [-0.2, -0.15) is 0 Å². The third-order valence-corrected chi connectivity index (χ3v) is 13.2. The first-order valence-electron chi connectivity index (χ1n) is 18.4. The van der Waals surface area contributed by atoms with Crippen LogP contribution in [0.1, 0.15) is 133 Å². The highest BCUT2D eigenvalue weighted by Gasteiger charge is 2.49. The van der Waals surface area contributed by atoms with Crippen LogP contribution < -0.4 is 21.3 Å². The second-order valence-corrected chi connectivity index (χ2v) is 19.8. The van der Waals surface area contributed by atoms with Crippen LogP contribution >= 0.6 is 0 Å². The van der Waals surface area contributed by atoms with Crippen LogP contribution in [0.25, 0.3) is 0 Å². The van der Waals surface area contributed by atoms with E-state index in [9.17, 15) is 32.4 Å². The molecule has 1 aliphatic heterocycles. The fourth-order valence-electron chi connectivity index (χ4n) is 7.01. The number of hydrogen-bond acceptors (Lipinski definition) is 7. The Morgan fingerprint density at radius 2 is 1.51 bits per heavy atom. The summed E-state index contributed by atoms with van der Waals surface area (Å²) in [6.45, 7) is 16.7. The van der Waals surface area contributed by atoms with Crippen LogP contribution in [0.15, 0.2) is 0 Å². The second kappa shape index (κ2) is 16.1. The SMILES string of the molecule is CCCC[C@H](NC(=O)[C@@H]1[C@@H](C(C)C)CCN1C(=O)[C@@H](NC(=O)NC1(CS(=O)(=O)C(C)(C)C)CCCCC1)C(C)(C)C)C(=O)C(=O)NC1CC1. The zero-order valence-corrected chi connectivity index (χ0v) is 32.2. The minimum atomic E-state index is -3.56. The summed E-state index contributed by atoms with van der Waals surface area (Å²) in [7, 11) is -3.56. The maximum Gasteiger partial charge on any atom is 0.315 e. The van der Waals surface area contributed by atoms with Crippen molar-refractivity contribution in [2.75, 3.05) is 12.3 Å². The van der Waals surface area contributed by atoms with E-state index < -0.39 is 73.2 Å². The van der Waals surface area contributed by atoms with Crippen molar-refractivity contribution in [3.63, 3.8) is 0 Å². The number of Topliss-reactive ketones (excluding diaryl/α,β-unsaturated/α-hetero) is 1. The molecule has 5 amide bonds. The molecule has 3 fully saturated rings. The lowest BCUT2D eigenvalue weighted by atomic mass is 9.83. The van der Waals surface area contributed by atoms with Crippen molar-refractivity contribution in [2.45, 2.75) is 167 Å². The van der Waals surface area contributed by atoms with Gasteiger partial charge < -0.3 is 26.2 Å². The Bertz CT molecular complexity index is 1320. The first-order chi connectivity index (χ1) is 22.6. The Morgan fingerprint density at radius 3 is 2.02 bits per heavy atom. The van der Waals surface area contributed by atoms with E-state index in [0.717, 1.165) is 38.5 Å². The van der Waals surface area contributed by atoms with Gasteiger partial charge in [0.2, 0.25) is 17.6 Å². The monoisotopic (exact) mass is 709 g/mol. The van der Waals surface area contributed by atoms with Gasteiger partial charge in [-0.1, -0.05) is 73.6 Å². The summed E-state index contributed by atoms with van der Waals surface area (Å²) in [5.41, 5.74) is -1.71. The Kier molecular flexibility index (Phi) is 13.4. The van der Waals surface area contributed by atoms with Gasteiger partial charge in [0, 0.05) is 12.6 Å². The molecule has 13 heteroatoms. The molecule has 3 aliphatic rings. The molecule has 1 saturated heterocycles. The van der Waals surface area contributed by atoms with Crippen molar-refractivity contribution >= 4 is 39.4 Å². The first-order valence-corrected chi connectivity index (χ1v) is 20.0. The van der Waals surface area contributed by atoms with Crippen LogP contribution in [0.2, 0.25) is 0 Å². The molecule has 0 radical (unpaired) electrons. The number of carbonyl (C=O) groups excluding carboxylic acids is 5.